The number of hydrogen-bond donors (Lipinski definition) is 1. The van der Waals surface area contributed by atoms with E-state index in [2.05, 4.69) is 43.9 Å². The third-order valence-corrected chi connectivity index (χ3v) is 7.47. The summed E-state index contributed by atoms with van der Waals surface area (Å²) < 4.78 is 0. The molecule has 1 rings (SSSR count). The van der Waals surface area contributed by atoms with Crippen LogP contribution in [0.5, 0.6) is 0 Å². The van der Waals surface area contributed by atoms with E-state index in [-0.39, 0.29) is 6.10 Å². The Labute approximate surface area is 99.8 Å². The van der Waals surface area contributed by atoms with Crippen molar-refractivity contribution in [2.45, 2.75) is 38.1 Å². The first kappa shape index (κ1) is 13.2. The molecule has 1 aromatic carbocycles. The number of benzene rings is 1. The lowest BCUT2D eigenvalue weighted by atomic mass is 10.2. The number of hydrogen-bond acceptors (Lipinski definition) is 1. The highest BCUT2D eigenvalue weighted by Crippen LogP contribution is 2.27. The minimum atomic E-state index is -1.55. The zero-order chi connectivity index (χ0) is 12.2. The molecular weight excluding hydrogens is 212 g/mol. The first-order valence-corrected chi connectivity index (χ1v) is 8.92. The van der Waals surface area contributed by atoms with E-state index in [1.54, 1.807) is 0 Å². The molecular formula is C14H22OSi. The second-order valence-electron chi connectivity index (χ2n) is 5.01. The molecule has 0 aromatic heterocycles. The van der Waals surface area contributed by atoms with Gasteiger partial charge < -0.3 is 5.11 Å². The van der Waals surface area contributed by atoms with Gasteiger partial charge in [-0.3, -0.25) is 0 Å². The van der Waals surface area contributed by atoms with Crippen molar-refractivity contribution in [2.24, 2.45) is 0 Å². The van der Waals surface area contributed by atoms with E-state index in [9.17, 15) is 5.11 Å². The molecule has 2 atom stereocenters. The summed E-state index contributed by atoms with van der Waals surface area (Å²) in [6.45, 7) is 10.5. The molecule has 0 saturated carbocycles. The Kier molecular flexibility index (Phi) is 4.51. The van der Waals surface area contributed by atoms with Crippen LogP contribution in [0.25, 0.3) is 0 Å². The lowest BCUT2D eigenvalue weighted by molar-refractivity contribution is 0.185. The fraction of sp³-hybridized carbons (Fsp3) is 0.429. The lowest BCUT2D eigenvalue weighted by Crippen LogP contribution is -2.46. The Morgan fingerprint density at radius 1 is 1.31 bits per heavy atom. The van der Waals surface area contributed by atoms with Crippen molar-refractivity contribution < 1.29 is 5.11 Å². The average molecular weight is 234 g/mol. The van der Waals surface area contributed by atoms with Crippen molar-refractivity contribution in [3.63, 3.8) is 0 Å². The molecule has 0 heterocycles. The van der Waals surface area contributed by atoms with Crippen molar-refractivity contribution in [1.82, 2.24) is 0 Å². The van der Waals surface area contributed by atoms with Gasteiger partial charge in [-0.1, -0.05) is 54.7 Å². The summed E-state index contributed by atoms with van der Waals surface area (Å²) in [6.07, 6.45) is 2.59. The minimum absolute atomic E-state index is 0.251. The predicted octanol–water partition coefficient (Wildman–Crippen LogP) is 2.93. The first-order chi connectivity index (χ1) is 7.48. The van der Waals surface area contributed by atoms with Gasteiger partial charge in [-0.25, -0.2) is 0 Å². The molecule has 1 nitrogen and oxygen atoms in total. The standard InChI is InChI=1S/C14H22OSi/c1-5-13(11-12(2)15)16(3,4)14-9-7-6-8-10-14/h5-10,12-13,15H,1,11H2,2-4H3/t12-,13-/m1/s1. The SMILES string of the molecule is C=C[C@H](C[C@@H](C)O)[Si](C)(C)c1ccccc1. The fourth-order valence-corrected chi connectivity index (χ4v) is 5.13. The highest BCUT2D eigenvalue weighted by molar-refractivity contribution is 6.91. The van der Waals surface area contributed by atoms with Crippen LogP contribution in [0.4, 0.5) is 0 Å². The van der Waals surface area contributed by atoms with Crippen LogP contribution in [0, 0.1) is 0 Å². The Bertz CT molecular complexity index is 330. The summed E-state index contributed by atoms with van der Waals surface area (Å²) >= 11 is 0. The van der Waals surface area contributed by atoms with Crippen LogP contribution in [0.15, 0.2) is 43.0 Å². The molecule has 0 unspecified atom stereocenters. The molecule has 2 heteroatoms. The largest absolute Gasteiger partial charge is 0.393 e. The topological polar surface area (TPSA) is 20.2 Å². The molecule has 88 valence electrons. The maximum Gasteiger partial charge on any atom is 0.0874 e. The average Bonchev–Trinajstić information content (AvgIpc) is 2.26. The smallest absolute Gasteiger partial charge is 0.0874 e. The predicted molar refractivity (Wildman–Crippen MR) is 73.8 cm³/mol. The van der Waals surface area contributed by atoms with Gasteiger partial charge in [0.25, 0.3) is 0 Å². The van der Waals surface area contributed by atoms with Crippen LogP contribution in [-0.4, -0.2) is 19.3 Å². The van der Waals surface area contributed by atoms with Gasteiger partial charge in [0.15, 0.2) is 0 Å². The second-order valence-corrected chi connectivity index (χ2v) is 9.78. The van der Waals surface area contributed by atoms with Crippen LogP contribution in [0.1, 0.15) is 13.3 Å². The molecule has 0 spiro atoms. The summed E-state index contributed by atoms with van der Waals surface area (Å²) in [5.74, 6) is 0. The van der Waals surface area contributed by atoms with E-state index in [0.29, 0.717) is 5.54 Å². The van der Waals surface area contributed by atoms with Gasteiger partial charge in [0.2, 0.25) is 0 Å². The van der Waals surface area contributed by atoms with Gasteiger partial charge in [0.1, 0.15) is 0 Å². The zero-order valence-corrected chi connectivity index (χ0v) is 11.5. The molecule has 0 aliphatic heterocycles. The Balaban J connectivity index is 2.94. The van der Waals surface area contributed by atoms with E-state index in [1.807, 2.05) is 19.1 Å². The van der Waals surface area contributed by atoms with Crippen molar-refractivity contribution in [3.05, 3.63) is 43.0 Å². The van der Waals surface area contributed by atoms with Gasteiger partial charge in [-0.15, -0.1) is 6.58 Å². The molecule has 0 radical (unpaired) electrons. The Morgan fingerprint density at radius 2 is 1.88 bits per heavy atom. The third kappa shape index (κ3) is 3.06. The van der Waals surface area contributed by atoms with Gasteiger partial charge in [-0.05, 0) is 18.9 Å². The maximum atomic E-state index is 9.54. The normalized spacial score (nSPS) is 15.5. The fourth-order valence-electron chi connectivity index (χ4n) is 2.13. The molecule has 16 heavy (non-hydrogen) atoms. The molecule has 0 aliphatic rings. The lowest BCUT2D eigenvalue weighted by Gasteiger charge is -2.31. The first-order valence-electron chi connectivity index (χ1n) is 5.84. The molecule has 0 fully saturated rings. The second kappa shape index (κ2) is 5.46. The van der Waals surface area contributed by atoms with Crippen molar-refractivity contribution in [1.29, 1.82) is 0 Å². The van der Waals surface area contributed by atoms with Gasteiger partial charge >= 0.3 is 0 Å². The number of aliphatic hydroxyl groups excluding tert-OH is 1. The summed E-state index contributed by atoms with van der Waals surface area (Å²) in [5, 5.41) is 11.0. The maximum absolute atomic E-state index is 9.54. The van der Waals surface area contributed by atoms with E-state index in [0.717, 1.165) is 6.42 Å². The van der Waals surface area contributed by atoms with Crippen LogP contribution >= 0.6 is 0 Å². The Hall–Kier alpha value is -0.863. The van der Waals surface area contributed by atoms with E-state index in [1.165, 1.54) is 5.19 Å². The van der Waals surface area contributed by atoms with Crippen LogP contribution < -0.4 is 5.19 Å². The highest BCUT2D eigenvalue weighted by atomic mass is 28.3. The van der Waals surface area contributed by atoms with E-state index < -0.39 is 8.07 Å². The van der Waals surface area contributed by atoms with Crippen molar-refractivity contribution in [3.8, 4) is 0 Å². The van der Waals surface area contributed by atoms with Crippen LogP contribution in [0.2, 0.25) is 18.6 Å². The summed E-state index contributed by atoms with van der Waals surface area (Å²) in [4.78, 5) is 0. The number of allylic oxidation sites excluding steroid dienone is 1. The van der Waals surface area contributed by atoms with Gasteiger partial charge in [-0.2, -0.15) is 0 Å². The molecule has 0 bridgehead atoms. The minimum Gasteiger partial charge on any atom is -0.393 e. The van der Waals surface area contributed by atoms with Crippen LogP contribution in [0.3, 0.4) is 0 Å². The number of aliphatic hydroxyl groups is 1. The van der Waals surface area contributed by atoms with E-state index >= 15 is 0 Å². The third-order valence-electron chi connectivity index (χ3n) is 3.32. The summed E-state index contributed by atoms with van der Waals surface area (Å²) in [5.41, 5.74) is 0.426. The number of rotatable bonds is 5. The molecule has 1 aromatic rings. The zero-order valence-electron chi connectivity index (χ0n) is 10.5. The molecule has 0 saturated heterocycles. The van der Waals surface area contributed by atoms with Gasteiger partial charge in [0, 0.05) is 0 Å². The molecule has 0 amide bonds. The summed E-state index contributed by atoms with van der Waals surface area (Å²) in [6, 6.07) is 10.6. The van der Waals surface area contributed by atoms with Crippen molar-refractivity contribution >= 4 is 13.3 Å². The monoisotopic (exact) mass is 234 g/mol. The molecule has 0 aliphatic carbocycles. The molecule has 1 N–H and O–H groups in total. The van der Waals surface area contributed by atoms with Gasteiger partial charge in [0.05, 0.1) is 14.2 Å². The van der Waals surface area contributed by atoms with Crippen molar-refractivity contribution in [2.75, 3.05) is 0 Å². The summed E-state index contributed by atoms with van der Waals surface area (Å²) in [7, 11) is -1.55. The Morgan fingerprint density at radius 3 is 2.31 bits per heavy atom. The highest BCUT2D eigenvalue weighted by Gasteiger charge is 2.31. The van der Waals surface area contributed by atoms with Crippen LogP contribution in [-0.2, 0) is 0 Å². The van der Waals surface area contributed by atoms with E-state index in [4.69, 9.17) is 0 Å². The quantitative estimate of drug-likeness (QED) is 0.613.